The largest absolute Gasteiger partial charge is 1.00 e. The average Bonchev–Trinajstić information content (AvgIpc) is 2.31. The van der Waals surface area contributed by atoms with E-state index in [1.54, 1.807) is 11.8 Å². The van der Waals surface area contributed by atoms with Crippen LogP contribution in [0.5, 0.6) is 0 Å². The first-order chi connectivity index (χ1) is 9.04. The van der Waals surface area contributed by atoms with Crippen LogP contribution in [0.3, 0.4) is 0 Å². The van der Waals surface area contributed by atoms with Crippen molar-refractivity contribution >= 4 is 45.1 Å². The van der Waals surface area contributed by atoms with Crippen molar-refractivity contribution in [2.75, 3.05) is 43.6 Å². The molecule has 20 heavy (non-hydrogen) atoms. The van der Waals surface area contributed by atoms with Gasteiger partial charge in [-0.25, -0.2) is 0 Å². The van der Waals surface area contributed by atoms with Gasteiger partial charge in [-0.2, -0.15) is 12.6 Å². The van der Waals surface area contributed by atoms with Gasteiger partial charge in [0, 0.05) is 36.1 Å². The summed E-state index contributed by atoms with van der Waals surface area (Å²) in [4.78, 5) is 24.0. The molecule has 0 aliphatic carbocycles. The van der Waals surface area contributed by atoms with E-state index in [-0.39, 0.29) is 51.4 Å². The van der Waals surface area contributed by atoms with Crippen molar-refractivity contribution in [1.82, 2.24) is 9.57 Å². The SMILES string of the molecule is O=C(O)C([P-]N1CCSCN(CCS)CC1)C(=O)O.[K+]. The predicted molar refractivity (Wildman–Crippen MR) is 80.3 cm³/mol. The molecule has 0 amide bonds. The third-order valence-corrected chi connectivity index (χ3v) is 5.22. The van der Waals surface area contributed by atoms with Crippen molar-refractivity contribution in [2.45, 2.75) is 5.66 Å². The number of nitrogens with zero attached hydrogens (tertiary/aromatic N) is 2. The minimum Gasteiger partial charge on any atom is -0.482 e. The van der Waals surface area contributed by atoms with Crippen LogP contribution in [0.2, 0.25) is 0 Å². The Morgan fingerprint density at radius 1 is 1.25 bits per heavy atom. The van der Waals surface area contributed by atoms with Gasteiger partial charge in [-0.1, -0.05) is 0 Å². The minimum absolute atomic E-state index is 0. The van der Waals surface area contributed by atoms with Crippen molar-refractivity contribution < 1.29 is 71.2 Å². The number of hydrogen-bond acceptors (Lipinski definition) is 6. The van der Waals surface area contributed by atoms with Gasteiger partial charge in [0.25, 0.3) is 11.9 Å². The summed E-state index contributed by atoms with van der Waals surface area (Å²) < 4.78 is 1.89. The zero-order chi connectivity index (χ0) is 14.3. The summed E-state index contributed by atoms with van der Waals surface area (Å²) in [6.07, 6.45) is 0. The van der Waals surface area contributed by atoms with Gasteiger partial charge in [0.15, 0.2) is 0 Å². The summed E-state index contributed by atoms with van der Waals surface area (Å²) in [7, 11) is 0.346. The molecule has 0 saturated carbocycles. The Bertz CT molecular complexity index is 314. The first-order valence-corrected chi connectivity index (χ1v) is 8.57. The molecule has 10 heteroatoms. The first kappa shape index (κ1) is 21.6. The first-order valence-electron chi connectivity index (χ1n) is 5.87. The summed E-state index contributed by atoms with van der Waals surface area (Å²) in [5, 5.41) is 17.8. The van der Waals surface area contributed by atoms with E-state index in [0.717, 1.165) is 37.0 Å². The van der Waals surface area contributed by atoms with Crippen LogP contribution < -0.4 is 51.4 Å². The molecule has 6 nitrogen and oxygen atoms in total. The molecule has 0 unspecified atom stereocenters. The van der Waals surface area contributed by atoms with Gasteiger partial charge in [-0.3, -0.25) is 14.5 Å². The molecular weight excluding hydrogens is 346 g/mol. The fourth-order valence-corrected chi connectivity index (χ4v) is 3.96. The molecule has 0 bridgehead atoms. The van der Waals surface area contributed by atoms with Gasteiger partial charge in [-0.15, -0.1) is 11.8 Å². The Morgan fingerprint density at radius 2 is 1.90 bits per heavy atom. The van der Waals surface area contributed by atoms with Gasteiger partial charge < -0.3 is 23.6 Å². The topological polar surface area (TPSA) is 81.1 Å². The molecule has 1 fully saturated rings. The average molecular weight is 364 g/mol. The van der Waals surface area contributed by atoms with Crippen molar-refractivity contribution in [1.29, 1.82) is 0 Å². The Kier molecular flexibility index (Phi) is 13.1. The third-order valence-electron chi connectivity index (χ3n) is 2.60. The second-order valence-electron chi connectivity index (χ2n) is 4.03. The van der Waals surface area contributed by atoms with Crippen LogP contribution in [-0.2, 0) is 9.59 Å². The molecule has 1 heterocycles. The molecule has 0 aromatic rings. The van der Waals surface area contributed by atoms with Crippen LogP contribution in [0, 0.1) is 0 Å². The molecule has 0 aromatic carbocycles. The maximum absolute atomic E-state index is 10.9. The number of hydrogen-bond donors (Lipinski definition) is 3. The molecule has 0 atom stereocenters. The van der Waals surface area contributed by atoms with E-state index in [2.05, 4.69) is 17.5 Å². The predicted octanol–water partition coefficient (Wildman–Crippen LogP) is -2.37. The quantitative estimate of drug-likeness (QED) is 0.210. The summed E-state index contributed by atoms with van der Waals surface area (Å²) in [5.74, 6) is 0.0481. The summed E-state index contributed by atoms with van der Waals surface area (Å²) in [5.41, 5.74) is -1.37. The number of thiol groups is 1. The maximum atomic E-state index is 10.9. The van der Waals surface area contributed by atoms with Crippen LogP contribution >= 0.6 is 33.1 Å². The van der Waals surface area contributed by atoms with Crippen LogP contribution in [-0.4, -0.2) is 80.9 Å². The fourth-order valence-electron chi connectivity index (χ4n) is 1.60. The number of rotatable bonds is 6. The number of carbonyl (C=O) groups is 2. The summed E-state index contributed by atoms with van der Waals surface area (Å²) >= 11 is 5.98. The Balaban J connectivity index is 0.00000361. The minimum atomic E-state index is -1.37. The van der Waals surface area contributed by atoms with Gasteiger partial charge in [0.2, 0.25) is 0 Å². The zero-order valence-corrected chi connectivity index (χ0v) is 17.2. The van der Waals surface area contributed by atoms with E-state index in [1.807, 2.05) is 4.67 Å². The molecule has 2 N–H and O–H groups in total. The Hall–Kier alpha value is 1.63. The van der Waals surface area contributed by atoms with E-state index in [4.69, 9.17) is 10.2 Å². The van der Waals surface area contributed by atoms with Crippen molar-refractivity contribution in [3.63, 3.8) is 0 Å². The van der Waals surface area contributed by atoms with Crippen LogP contribution in [0.25, 0.3) is 0 Å². The van der Waals surface area contributed by atoms with E-state index in [0.29, 0.717) is 15.3 Å². The molecule has 1 aliphatic heterocycles. The molecule has 0 radical (unpaired) electrons. The van der Waals surface area contributed by atoms with E-state index >= 15 is 0 Å². The third kappa shape index (κ3) is 8.31. The normalized spacial score (nSPS) is 18.7. The second kappa shape index (κ2) is 12.1. The summed E-state index contributed by atoms with van der Waals surface area (Å²) in [6.45, 7) is 3.11. The zero-order valence-electron chi connectivity index (χ0n) is 11.4. The fraction of sp³-hybridized carbons (Fsp3) is 0.800. The van der Waals surface area contributed by atoms with Crippen LogP contribution in [0.15, 0.2) is 0 Å². The van der Waals surface area contributed by atoms with Gasteiger partial charge >= 0.3 is 51.4 Å². The maximum Gasteiger partial charge on any atom is 1.00 e. The molecule has 0 spiro atoms. The van der Waals surface area contributed by atoms with Crippen molar-refractivity contribution in [3.05, 3.63) is 0 Å². The van der Waals surface area contributed by atoms with Crippen LogP contribution in [0.1, 0.15) is 0 Å². The van der Waals surface area contributed by atoms with Crippen molar-refractivity contribution in [3.8, 4) is 0 Å². The number of thioether (sulfide) groups is 1. The molecule has 1 rings (SSSR count). The number of aliphatic carboxylic acids is 2. The van der Waals surface area contributed by atoms with Gasteiger partial charge in [0.05, 0.1) is 0 Å². The second-order valence-corrected chi connectivity index (χ2v) is 6.86. The molecular formula is C10H18KN2O4PS2. The van der Waals surface area contributed by atoms with E-state index < -0.39 is 17.6 Å². The standard InChI is InChI=1S/C10H18N2O4PS2.K/c13-9(14)8(10(15)16)17-12-2-1-11(3-5-18)7-19-6-4-12;/h8,18H,1-7H2,(H,13,14)(H,15,16);/q-1;+1. The van der Waals surface area contributed by atoms with Crippen molar-refractivity contribution in [2.24, 2.45) is 0 Å². The smallest absolute Gasteiger partial charge is 0.482 e. The molecule has 1 saturated heterocycles. The van der Waals surface area contributed by atoms with E-state index in [9.17, 15) is 9.59 Å². The summed E-state index contributed by atoms with van der Waals surface area (Å²) in [6, 6.07) is 0. The molecule has 110 valence electrons. The van der Waals surface area contributed by atoms with Gasteiger partial charge in [0.1, 0.15) is 0 Å². The molecule has 1 aliphatic rings. The Morgan fingerprint density at radius 3 is 2.45 bits per heavy atom. The Labute approximate surface area is 173 Å². The van der Waals surface area contributed by atoms with Gasteiger partial charge in [-0.05, 0) is 13.1 Å². The monoisotopic (exact) mass is 364 g/mol. The number of carboxylic acids is 2. The van der Waals surface area contributed by atoms with E-state index in [1.165, 1.54) is 0 Å². The number of carboxylic acid groups (broad SMARTS) is 2. The molecule has 0 aromatic heterocycles. The van der Waals surface area contributed by atoms with Crippen LogP contribution in [0.4, 0.5) is 0 Å².